The van der Waals surface area contributed by atoms with Crippen LogP contribution in [0.2, 0.25) is 0 Å². The molecule has 0 fully saturated rings. The van der Waals surface area contributed by atoms with E-state index in [9.17, 15) is 4.79 Å². The number of carbonyl (C=O) groups is 1. The smallest absolute Gasteiger partial charge is 0.257 e. The van der Waals surface area contributed by atoms with Gasteiger partial charge in [0, 0.05) is 6.20 Å². The van der Waals surface area contributed by atoms with Crippen LogP contribution in [0.4, 0.5) is 5.82 Å². The van der Waals surface area contributed by atoms with E-state index in [0.29, 0.717) is 40.3 Å². The summed E-state index contributed by atoms with van der Waals surface area (Å²) in [6.07, 6.45) is 1.63. The Bertz CT molecular complexity index is 1180. The van der Waals surface area contributed by atoms with E-state index in [4.69, 9.17) is 21.7 Å². The minimum absolute atomic E-state index is 0.298. The van der Waals surface area contributed by atoms with Gasteiger partial charge in [-0.3, -0.25) is 4.79 Å². The van der Waals surface area contributed by atoms with Crippen molar-refractivity contribution in [1.29, 1.82) is 0 Å². The maximum atomic E-state index is 13.6. The number of ether oxygens (including phenoxy) is 2. The zero-order valence-corrected chi connectivity index (χ0v) is 19.1. The van der Waals surface area contributed by atoms with E-state index in [1.54, 1.807) is 25.4 Å². The number of anilines is 1. The molecule has 0 saturated carbocycles. The fourth-order valence-electron chi connectivity index (χ4n) is 3.65. The summed E-state index contributed by atoms with van der Waals surface area (Å²) in [6.45, 7) is 2.43. The van der Waals surface area contributed by atoms with E-state index in [1.165, 1.54) is 0 Å². The van der Waals surface area contributed by atoms with Crippen molar-refractivity contribution >= 4 is 34.8 Å². The third kappa shape index (κ3) is 4.96. The molecule has 2 heterocycles. The molecule has 0 unspecified atom stereocenters. The van der Waals surface area contributed by atoms with Crippen molar-refractivity contribution in [2.24, 2.45) is 0 Å². The molecule has 1 amide bonds. The van der Waals surface area contributed by atoms with E-state index < -0.39 is 6.04 Å². The Hall–Kier alpha value is -3.91. The summed E-state index contributed by atoms with van der Waals surface area (Å²) in [7, 11) is 1.59. The van der Waals surface area contributed by atoms with Crippen LogP contribution in [0.3, 0.4) is 0 Å². The first-order valence-corrected chi connectivity index (χ1v) is 10.9. The Morgan fingerprint density at radius 1 is 1.09 bits per heavy atom. The van der Waals surface area contributed by atoms with Crippen molar-refractivity contribution in [3.8, 4) is 11.5 Å². The third-order valence-electron chi connectivity index (χ3n) is 5.11. The highest BCUT2D eigenvalue weighted by molar-refractivity contribution is 7.80. The molecule has 2 aromatic carbocycles. The van der Waals surface area contributed by atoms with Crippen molar-refractivity contribution in [2.75, 3.05) is 19.0 Å². The summed E-state index contributed by atoms with van der Waals surface area (Å²) in [5.41, 5.74) is 2.76. The quantitative estimate of drug-likeness (QED) is 0.459. The molecule has 1 aromatic heterocycles. The minimum Gasteiger partial charge on any atom is -0.493 e. The van der Waals surface area contributed by atoms with E-state index in [1.807, 2.05) is 61.5 Å². The van der Waals surface area contributed by atoms with Gasteiger partial charge in [0.25, 0.3) is 5.91 Å². The van der Waals surface area contributed by atoms with Gasteiger partial charge in [-0.25, -0.2) is 4.98 Å². The lowest BCUT2D eigenvalue weighted by Crippen LogP contribution is -2.45. The SMILES string of the molecule is CCOc1ccc([C@H]2NC(=S)NC(c3ccccc3)=C2C(=O)Nc2ccccn2)cc1OC. The van der Waals surface area contributed by atoms with E-state index >= 15 is 0 Å². The van der Waals surface area contributed by atoms with Crippen LogP contribution in [-0.4, -0.2) is 29.7 Å². The van der Waals surface area contributed by atoms with Crippen LogP contribution in [0.15, 0.2) is 78.5 Å². The maximum absolute atomic E-state index is 13.6. The summed E-state index contributed by atoms with van der Waals surface area (Å²) < 4.78 is 11.2. The van der Waals surface area contributed by atoms with Gasteiger partial charge < -0.3 is 25.4 Å². The van der Waals surface area contributed by atoms with Crippen molar-refractivity contribution in [3.63, 3.8) is 0 Å². The largest absolute Gasteiger partial charge is 0.493 e. The lowest BCUT2D eigenvalue weighted by molar-refractivity contribution is -0.113. The number of hydrogen-bond acceptors (Lipinski definition) is 5. The van der Waals surface area contributed by atoms with Crippen LogP contribution in [-0.2, 0) is 4.79 Å². The Balaban J connectivity index is 1.83. The van der Waals surface area contributed by atoms with Gasteiger partial charge in [-0.2, -0.15) is 0 Å². The molecular formula is C25H24N4O3S. The summed E-state index contributed by atoms with van der Waals surface area (Å²) >= 11 is 5.50. The van der Waals surface area contributed by atoms with Gasteiger partial charge in [0.1, 0.15) is 5.82 Å². The number of aromatic nitrogens is 1. The van der Waals surface area contributed by atoms with Gasteiger partial charge >= 0.3 is 0 Å². The second-order valence-corrected chi connectivity index (χ2v) is 7.61. The van der Waals surface area contributed by atoms with Gasteiger partial charge in [-0.15, -0.1) is 0 Å². The van der Waals surface area contributed by atoms with Crippen LogP contribution in [0, 0.1) is 0 Å². The standard InChI is InChI=1S/C25H24N4O3S/c1-3-32-18-13-12-17(15-19(18)31-2)23-21(24(30)27-20-11-7-8-14-26-20)22(28-25(33)29-23)16-9-5-4-6-10-16/h4-15,23H,3H2,1-2H3,(H,26,27,30)(H2,28,29,33)/t23-/m1/s1. The number of hydrogen-bond donors (Lipinski definition) is 3. The van der Waals surface area contributed by atoms with Crippen LogP contribution >= 0.6 is 12.2 Å². The number of thiocarbonyl (C=S) groups is 1. The Labute approximate surface area is 197 Å². The third-order valence-corrected chi connectivity index (χ3v) is 5.33. The van der Waals surface area contributed by atoms with E-state index in [0.717, 1.165) is 11.1 Å². The number of amides is 1. The molecule has 1 aliphatic rings. The normalized spacial score (nSPS) is 15.3. The topological polar surface area (TPSA) is 84.5 Å². The molecule has 1 atom stereocenters. The maximum Gasteiger partial charge on any atom is 0.257 e. The zero-order chi connectivity index (χ0) is 23.2. The molecule has 3 N–H and O–H groups in total. The lowest BCUT2D eigenvalue weighted by Gasteiger charge is -2.32. The minimum atomic E-state index is -0.526. The first kappa shape index (κ1) is 22.3. The van der Waals surface area contributed by atoms with Crippen molar-refractivity contribution in [3.05, 3.63) is 89.6 Å². The number of methoxy groups -OCH3 is 1. The number of pyridine rings is 1. The van der Waals surface area contributed by atoms with Crippen molar-refractivity contribution in [1.82, 2.24) is 15.6 Å². The molecule has 7 nitrogen and oxygen atoms in total. The fraction of sp³-hybridized carbons (Fsp3) is 0.160. The van der Waals surface area contributed by atoms with Crippen LogP contribution in [0.5, 0.6) is 11.5 Å². The zero-order valence-electron chi connectivity index (χ0n) is 18.3. The molecular weight excluding hydrogens is 436 g/mol. The first-order valence-electron chi connectivity index (χ1n) is 10.5. The molecule has 33 heavy (non-hydrogen) atoms. The fourth-order valence-corrected chi connectivity index (χ4v) is 3.87. The predicted octanol–water partition coefficient (Wildman–Crippen LogP) is 4.06. The summed E-state index contributed by atoms with van der Waals surface area (Å²) in [6, 6.07) is 20.0. The highest BCUT2D eigenvalue weighted by atomic mass is 32.1. The van der Waals surface area contributed by atoms with Gasteiger partial charge in [-0.05, 0) is 54.5 Å². The Morgan fingerprint density at radius 3 is 2.58 bits per heavy atom. The molecule has 8 heteroatoms. The molecule has 0 saturated heterocycles. The number of carbonyl (C=O) groups excluding carboxylic acids is 1. The molecule has 0 aliphatic carbocycles. The molecule has 4 rings (SSSR count). The second kappa shape index (κ2) is 10.1. The van der Waals surface area contributed by atoms with Crippen molar-refractivity contribution < 1.29 is 14.3 Å². The number of benzene rings is 2. The molecule has 0 bridgehead atoms. The Morgan fingerprint density at radius 2 is 1.88 bits per heavy atom. The number of nitrogens with one attached hydrogen (secondary N) is 3. The highest BCUT2D eigenvalue weighted by Crippen LogP contribution is 2.36. The van der Waals surface area contributed by atoms with Crippen LogP contribution < -0.4 is 25.4 Å². The van der Waals surface area contributed by atoms with Gasteiger partial charge in [-0.1, -0.05) is 42.5 Å². The summed E-state index contributed by atoms with van der Waals surface area (Å²) in [5.74, 6) is 1.37. The van der Waals surface area contributed by atoms with E-state index in [2.05, 4.69) is 20.9 Å². The van der Waals surface area contributed by atoms with Gasteiger partial charge in [0.15, 0.2) is 16.6 Å². The molecule has 0 radical (unpaired) electrons. The van der Waals surface area contributed by atoms with Crippen LogP contribution in [0.1, 0.15) is 24.1 Å². The summed E-state index contributed by atoms with van der Waals surface area (Å²) in [4.78, 5) is 17.8. The average molecular weight is 461 g/mol. The molecule has 3 aromatic rings. The number of nitrogens with zero attached hydrogens (tertiary/aromatic N) is 1. The highest BCUT2D eigenvalue weighted by Gasteiger charge is 2.33. The molecule has 1 aliphatic heterocycles. The summed E-state index contributed by atoms with van der Waals surface area (Å²) in [5, 5.41) is 9.73. The molecule has 0 spiro atoms. The Kier molecular flexibility index (Phi) is 6.85. The van der Waals surface area contributed by atoms with Crippen molar-refractivity contribution in [2.45, 2.75) is 13.0 Å². The van der Waals surface area contributed by atoms with E-state index in [-0.39, 0.29) is 5.91 Å². The second-order valence-electron chi connectivity index (χ2n) is 7.20. The average Bonchev–Trinajstić information content (AvgIpc) is 2.85. The number of rotatable bonds is 7. The lowest BCUT2D eigenvalue weighted by atomic mass is 9.92. The van der Waals surface area contributed by atoms with Gasteiger partial charge in [0.2, 0.25) is 0 Å². The van der Waals surface area contributed by atoms with Crippen LogP contribution in [0.25, 0.3) is 5.70 Å². The monoisotopic (exact) mass is 460 g/mol. The molecule has 168 valence electrons. The van der Waals surface area contributed by atoms with Gasteiger partial charge in [0.05, 0.1) is 31.0 Å². The first-order chi connectivity index (χ1) is 16.1. The predicted molar refractivity (Wildman–Crippen MR) is 132 cm³/mol.